The number of rotatable bonds is 9. The minimum absolute atomic E-state index is 0.0256. The molecule has 35 heavy (non-hydrogen) atoms. The molecule has 0 saturated heterocycles. The maximum Gasteiger partial charge on any atom is 0.418 e. The first-order valence-electron chi connectivity index (χ1n) is 9.76. The van der Waals surface area contributed by atoms with E-state index in [0.717, 1.165) is 4.57 Å². The summed E-state index contributed by atoms with van der Waals surface area (Å²) in [5.41, 5.74) is 4.74. The number of quaternary nitrogens is 1. The van der Waals surface area contributed by atoms with E-state index in [2.05, 4.69) is 23.3 Å². The summed E-state index contributed by atoms with van der Waals surface area (Å²) in [7, 11) is 2.97. The molecule has 7 N–H and O–H groups in total. The van der Waals surface area contributed by atoms with Gasteiger partial charge in [0, 0.05) is 19.2 Å². The van der Waals surface area contributed by atoms with Gasteiger partial charge < -0.3 is 56.5 Å². The summed E-state index contributed by atoms with van der Waals surface area (Å²) in [6.45, 7) is -0.567. The molecule has 1 aliphatic heterocycles. The van der Waals surface area contributed by atoms with Gasteiger partial charge in [-0.1, -0.05) is 0 Å². The molecule has 1 aliphatic rings. The number of aliphatic carboxylic acids is 2. The van der Waals surface area contributed by atoms with Gasteiger partial charge in [0.05, 0.1) is 7.05 Å². The van der Waals surface area contributed by atoms with Crippen LogP contribution >= 0.6 is 12.6 Å². The van der Waals surface area contributed by atoms with Gasteiger partial charge in [0.1, 0.15) is 18.6 Å². The number of fused-ring (bicyclic) bond motifs is 1. The van der Waals surface area contributed by atoms with Gasteiger partial charge in [-0.15, -0.1) is 0 Å². The molecule has 2 rings (SSSR count). The number of hydrogen-bond donors (Lipinski definition) is 7. The highest BCUT2D eigenvalue weighted by Gasteiger charge is 2.31. The minimum atomic E-state index is -1.22. The second-order valence-corrected chi connectivity index (χ2v) is 8.32. The number of carbonyl (C=O) groups is 4. The molecule has 0 bridgehead atoms. The number of amides is 2. The molecule has 3 atom stereocenters. The maximum atomic E-state index is 11.8. The zero-order valence-electron chi connectivity index (χ0n) is 18.6. The molecular formula is C17H25N7O8S3. The quantitative estimate of drug-likeness (QED) is 0.0877. The van der Waals surface area contributed by atoms with Crippen LogP contribution in [0.4, 0.5) is 11.5 Å². The van der Waals surface area contributed by atoms with Crippen LogP contribution in [0.5, 0.6) is 0 Å². The third-order valence-electron chi connectivity index (χ3n) is 4.57. The van der Waals surface area contributed by atoms with Crippen molar-refractivity contribution in [3.8, 4) is 0 Å². The summed E-state index contributed by atoms with van der Waals surface area (Å²) in [5.74, 6) is -3.33. The predicted octanol–water partition coefficient (Wildman–Crippen LogP) is -5.00. The molecule has 0 saturated carbocycles. The minimum Gasteiger partial charge on any atom is -0.549 e. The summed E-state index contributed by atoms with van der Waals surface area (Å²) < 4.78 is 3.99. The van der Waals surface area contributed by atoms with Gasteiger partial charge in [0.25, 0.3) is 5.69 Å². The van der Waals surface area contributed by atoms with Gasteiger partial charge in [0.15, 0.2) is 0 Å². The number of carbonyl (C=O) groups excluding carboxylic acids is 2. The van der Waals surface area contributed by atoms with Crippen LogP contribution in [0.2, 0.25) is 0 Å². The van der Waals surface area contributed by atoms with Crippen molar-refractivity contribution in [2.24, 2.45) is 19.8 Å². The molecule has 194 valence electrons. The zero-order valence-corrected chi connectivity index (χ0v) is 21.1. The van der Waals surface area contributed by atoms with Crippen LogP contribution in [0.15, 0.2) is 9.59 Å². The number of thiol groups is 1. The fourth-order valence-corrected chi connectivity index (χ4v) is 3.62. The molecule has 0 spiro atoms. The Morgan fingerprint density at radius 3 is 2.34 bits per heavy atom. The highest BCUT2D eigenvalue weighted by Crippen LogP contribution is 2.15. The summed E-state index contributed by atoms with van der Waals surface area (Å²) in [6, 6.07) is -2.15. The van der Waals surface area contributed by atoms with Crippen molar-refractivity contribution in [3.63, 3.8) is 0 Å². The fraction of sp³-hybridized carbons (Fsp3) is 0.471. The van der Waals surface area contributed by atoms with Gasteiger partial charge in [-0.3, -0.25) is 28.0 Å². The smallest absolute Gasteiger partial charge is 0.418 e. The highest BCUT2D eigenvalue weighted by atomic mass is 32.1. The lowest BCUT2D eigenvalue weighted by Crippen LogP contribution is -3.01. The third-order valence-corrected chi connectivity index (χ3v) is 5.52. The van der Waals surface area contributed by atoms with Crippen molar-refractivity contribution >= 4 is 79.9 Å². The highest BCUT2D eigenvalue weighted by molar-refractivity contribution is 7.80. The largest absolute Gasteiger partial charge is 0.549 e. The van der Waals surface area contributed by atoms with Crippen LogP contribution in [0.25, 0.3) is 0 Å². The monoisotopic (exact) mass is 551 g/mol. The van der Waals surface area contributed by atoms with E-state index in [1.54, 1.807) is 7.05 Å². The van der Waals surface area contributed by atoms with E-state index in [-0.39, 0.29) is 18.6 Å². The Labute approximate surface area is 215 Å². The Morgan fingerprint density at radius 2 is 1.83 bits per heavy atom. The SMILES string of the molecule is Cn1c2c(c(=O)n(C)c1=O)[NH+]([S-])C=[N+]2[S-].NC(CCC(=O)NC(CS)C(=O)NCC(=O)O)C(=O)O. The lowest BCUT2D eigenvalue weighted by molar-refractivity contribution is -0.559. The van der Waals surface area contributed by atoms with Gasteiger partial charge in [-0.2, -0.15) is 17.2 Å². The zero-order chi connectivity index (χ0) is 27.0. The lowest BCUT2D eigenvalue weighted by Gasteiger charge is -2.16. The van der Waals surface area contributed by atoms with Crippen molar-refractivity contribution in [1.29, 1.82) is 0 Å². The molecule has 2 heterocycles. The second-order valence-electron chi connectivity index (χ2n) is 7.12. The van der Waals surface area contributed by atoms with Crippen LogP contribution < -0.4 is 31.9 Å². The van der Waals surface area contributed by atoms with Gasteiger partial charge >= 0.3 is 29.0 Å². The van der Waals surface area contributed by atoms with E-state index in [9.17, 15) is 28.8 Å². The average Bonchev–Trinajstić information content (AvgIpc) is 3.10. The molecule has 2 amide bonds. The van der Waals surface area contributed by atoms with Gasteiger partial charge in [-0.25, -0.2) is 9.36 Å². The number of nitrogens with two attached hydrogens (primary N) is 1. The van der Waals surface area contributed by atoms with Gasteiger partial charge in [-0.05, 0) is 6.42 Å². The average molecular weight is 552 g/mol. The summed E-state index contributed by atoms with van der Waals surface area (Å²) in [5, 5.41) is 21.4. The number of carboxylic acids is 2. The van der Waals surface area contributed by atoms with E-state index < -0.39 is 53.6 Å². The fourth-order valence-electron chi connectivity index (χ4n) is 2.70. The summed E-state index contributed by atoms with van der Waals surface area (Å²) in [6.07, 6.45) is 1.25. The Morgan fingerprint density at radius 1 is 1.23 bits per heavy atom. The Kier molecular flexibility index (Phi) is 11.4. The Bertz CT molecular complexity index is 1150. The van der Waals surface area contributed by atoms with Crippen LogP contribution in [0.3, 0.4) is 0 Å². The number of aromatic nitrogens is 2. The van der Waals surface area contributed by atoms with E-state index in [0.29, 0.717) is 15.8 Å². The second kappa shape index (κ2) is 13.2. The van der Waals surface area contributed by atoms with Crippen molar-refractivity contribution in [2.75, 3.05) is 12.3 Å². The summed E-state index contributed by atoms with van der Waals surface area (Å²) in [4.78, 5) is 67.1. The number of nitrogens with one attached hydrogen (secondary N) is 3. The normalized spacial score (nSPS) is 15.6. The van der Waals surface area contributed by atoms with E-state index in [1.807, 2.05) is 0 Å². The Balaban J connectivity index is 0.000000362. The molecule has 0 aromatic carbocycles. The van der Waals surface area contributed by atoms with Crippen molar-refractivity contribution < 1.29 is 37.7 Å². The first kappa shape index (κ1) is 30.1. The summed E-state index contributed by atoms with van der Waals surface area (Å²) >= 11 is 13.8. The molecule has 0 aliphatic carbocycles. The molecule has 1 aromatic rings. The lowest BCUT2D eigenvalue weighted by atomic mass is 10.1. The number of hydrogen-bond acceptors (Lipinski definition) is 10. The van der Waals surface area contributed by atoms with E-state index >= 15 is 0 Å². The standard InChI is InChI=1S/C10H17N3O6S.C7H8N4O2S2/c11-5(10(18)19)1-2-7(14)13-6(4-20)9(17)12-3-8(15)16;1-8-5-4(10(14)3-11(5)15)6(12)9(2)7(8)13/h5-6,20H,1-4,11H2,(H,12,17)(H,13,14)(H,15,16)(H,18,19);3,10H,1-2H3. The van der Waals surface area contributed by atoms with Crippen molar-refractivity contribution in [2.45, 2.75) is 24.9 Å². The molecule has 15 nitrogen and oxygen atoms in total. The topological polar surface area (TPSA) is 210 Å². The van der Waals surface area contributed by atoms with Crippen LogP contribution in [-0.4, -0.2) is 77.8 Å². The van der Waals surface area contributed by atoms with Crippen LogP contribution in [0.1, 0.15) is 12.8 Å². The third kappa shape index (κ3) is 8.06. The van der Waals surface area contributed by atoms with E-state index in [1.165, 1.54) is 21.9 Å². The molecular weight excluding hydrogens is 526 g/mol. The van der Waals surface area contributed by atoms with Crippen molar-refractivity contribution in [1.82, 2.24) is 19.8 Å². The van der Waals surface area contributed by atoms with Crippen molar-refractivity contribution in [3.05, 3.63) is 20.8 Å². The molecule has 18 heteroatoms. The molecule has 3 unspecified atom stereocenters. The number of nitrogens with zero attached hydrogens (tertiary/aromatic N) is 3. The molecule has 1 aromatic heterocycles. The predicted molar refractivity (Wildman–Crippen MR) is 130 cm³/mol. The van der Waals surface area contributed by atoms with Crippen LogP contribution in [-0.2, 0) is 58.9 Å². The molecule has 0 radical (unpaired) electrons. The van der Waals surface area contributed by atoms with E-state index in [4.69, 9.17) is 41.6 Å². The van der Waals surface area contributed by atoms with Crippen LogP contribution in [0, 0.1) is 0 Å². The first-order valence-corrected chi connectivity index (χ1v) is 11.2. The molecule has 0 fully saturated rings. The first-order chi connectivity index (χ1) is 16.2. The number of carboxylic acid groups (broad SMARTS) is 2. The Hall–Kier alpha value is -2.93. The van der Waals surface area contributed by atoms with Gasteiger partial charge in [0.2, 0.25) is 18.2 Å². The maximum absolute atomic E-state index is 11.8.